The standard InChI is InChI=1S/C6H16O6P2S/c1-3-5-11-14(10,15)12-6(4-2)13(7,8)9/h6H,3-5H2,1-2H3,(H,10,15)(H2,7,8,9). The van der Waals surface area contributed by atoms with E-state index in [0.717, 1.165) is 0 Å². The highest BCUT2D eigenvalue weighted by molar-refractivity contribution is 8.07. The van der Waals surface area contributed by atoms with Crippen LogP contribution in [0.4, 0.5) is 0 Å². The van der Waals surface area contributed by atoms with Crippen LogP contribution in [-0.4, -0.2) is 27.1 Å². The Bertz CT molecular complexity index is 277. The highest BCUT2D eigenvalue weighted by atomic mass is 32.5. The third-order valence-corrected chi connectivity index (χ3v) is 4.43. The molecule has 0 rings (SSSR count). The first-order chi connectivity index (χ1) is 6.73. The molecule has 0 saturated carbocycles. The van der Waals surface area contributed by atoms with Crippen LogP contribution in [0.25, 0.3) is 0 Å². The molecule has 2 atom stereocenters. The molecule has 0 radical (unpaired) electrons. The minimum absolute atomic E-state index is 0.0543. The van der Waals surface area contributed by atoms with Crippen molar-refractivity contribution in [2.75, 3.05) is 6.61 Å². The summed E-state index contributed by atoms with van der Waals surface area (Å²) in [5.41, 5.74) is 0. The van der Waals surface area contributed by atoms with Crippen molar-refractivity contribution < 1.29 is 28.3 Å². The highest BCUT2D eigenvalue weighted by Gasteiger charge is 2.33. The van der Waals surface area contributed by atoms with Crippen LogP contribution in [0.15, 0.2) is 0 Å². The van der Waals surface area contributed by atoms with E-state index in [1.165, 1.54) is 6.92 Å². The third kappa shape index (κ3) is 6.76. The van der Waals surface area contributed by atoms with E-state index in [-0.39, 0.29) is 13.0 Å². The second kappa shape index (κ2) is 6.42. The summed E-state index contributed by atoms with van der Waals surface area (Å²) in [4.78, 5) is 27.2. The van der Waals surface area contributed by atoms with E-state index in [2.05, 4.69) is 11.8 Å². The van der Waals surface area contributed by atoms with Crippen LogP contribution >= 0.6 is 14.3 Å². The average Bonchev–Trinajstić information content (AvgIpc) is 2.09. The van der Waals surface area contributed by atoms with Gasteiger partial charge in [0.2, 0.25) is 0 Å². The van der Waals surface area contributed by atoms with Crippen molar-refractivity contribution in [2.45, 2.75) is 32.5 Å². The van der Waals surface area contributed by atoms with Crippen molar-refractivity contribution in [2.24, 2.45) is 0 Å². The van der Waals surface area contributed by atoms with E-state index < -0.39 is 20.2 Å². The lowest BCUT2D eigenvalue weighted by atomic mass is 10.5. The Labute approximate surface area is 94.0 Å². The van der Waals surface area contributed by atoms with Crippen LogP contribution in [0.5, 0.6) is 0 Å². The van der Waals surface area contributed by atoms with E-state index in [1.54, 1.807) is 0 Å². The van der Waals surface area contributed by atoms with Crippen molar-refractivity contribution in [3.8, 4) is 0 Å². The van der Waals surface area contributed by atoms with Crippen LogP contribution < -0.4 is 0 Å². The molecule has 0 heterocycles. The van der Waals surface area contributed by atoms with Crippen molar-refractivity contribution in [3.05, 3.63) is 0 Å². The Morgan fingerprint density at radius 3 is 2.20 bits per heavy atom. The van der Waals surface area contributed by atoms with Gasteiger partial charge in [0.15, 0.2) is 5.85 Å². The summed E-state index contributed by atoms with van der Waals surface area (Å²) in [6.45, 7) is 0.00451. The number of hydrogen-bond donors (Lipinski definition) is 3. The monoisotopic (exact) mass is 278 g/mol. The zero-order valence-electron chi connectivity index (χ0n) is 8.57. The van der Waals surface area contributed by atoms with E-state index >= 15 is 0 Å². The molecule has 0 aromatic heterocycles. The number of rotatable bonds is 7. The summed E-state index contributed by atoms with van der Waals surface area (Å²) in [6, 6.07) is 0. The van der Waals surface area contributed by atoms with Gasteiger partial charge in [0.05, 0.1) is 6.61 Å². The molecule has 15 heavy (non-hydrogen) atoms. The molecule has 0 aliphatic rings. The Morgan fingerprint density at radius 1 is 1.33 bits per heavy atom. The van der Waals surface area contributed by atoms with Crippen LogP contribution in [0.2, 0.25) is 0 Å². The Hall–Kier alpha value is 0.680. The molecule has 0 fully saturated rings. The first kappa shape index (κ1) is 15.7. The Morgan fingerprint density at radius 2 is 1.87 bits per heavy atom. The van der Waals surface area contributed by atoms with Gasteiger partial charge in [-0.1, -0.05) is 13.8 Å². The topological polar surface area (TPSA) is 96.2 Å². The fourth-order valence-electron chi connectivity index (χ4n) is 0.765. The Balaban J connectivity index is 4.41. The minimum Gasteiger partial charge on any atom is -0.324 e. The summed E-state index contributed by atoms with van der Waals surface area (Å²) in [6.07, 6.45) is 0.688. The summed E-state index contributed by atoms with van der Waals surface area (Å²) in [5, 5.41) is 0. The van der Waals surface area contributed by atoms with E-state index in [9.17, 15) is 9.46 Å². The second-order valence-electron chi connectivity index (χ2n) is 2.86. The van der Waals surface area contributed by atoms with Gasteiger partial charge in [-0.05, 0) is 24.6 Å². The summed E-state index contributed by atoms with van der Waals surface area (Å²) in [7, 11) is -4.41. The van der Waals surface area contributed by atoms with Gasteiger partial charge in [-0.25, -0.2) is 0 Å². The molecule has 0 aromatic rings. The smallest absolute Gasteiger partial charge is 0.324 e. The van der Waals surface area contributed by atoms with Gasteiger partial charge in [-0.3, -0.25) is 9.09 Å². The lowest BCUT2D eigenvalue weighted by Crippen LogP contribution is -2.11. The van der Waals surface area contributed by atoms with E-state index in [0.29, 0.717) is 6.42 Å². The molecule has 2 unspecified atom stereocenters. The summed E-state index contributed by atoms with van der Waals surface area (Å²) < 4.78 is 20.5. The maximum atomic E-state index is 10.9. The zero-order chi connectivity index (χ0) is 12.1. The van der Waals surface area contributed by atoms with Crippen LogP contribution in [-0.2, 0) is 25.4 Å². The van der Waals surface area contributed by atoms with Crippen molar-refractivity contribution in [1.82, 2.24) is 0 Å². The van der Waals surface area contributed by atoms with Gasteiger partial charge in [0.25, 0.3) is 0 Å². The van der Waals surface area contributed by atoms with Crippen LogP contribution in [0, 0.1) is 0 Å². The van der Waals surface area contributed by atoms with Gasteiger partial charge >= 0.3 is 14.3 Å². The molecule has 0 aromatic carbocycles. The van der Waals surface area contributed by atoms with Crippen LogP contribution in [0.3, 0.4) is 0 Å². The van der Waals surface area contributed by atoms with Gasteiger partial charge < -0.3 is 19.2 Å². The average molecular weight is 278 g/mol. The molecular formula is C6H16O6P2S. The minimum atomic E-state index is -4.41. The van der Waals surface area contributed by atoms with Crippen molar-refractivity contribution in [3.63, 3.8) is 0 Å². The molecule has 0 bridgehead atoms. The van der Waals surface area contributed by atoms with E-state index in [1.807, 2.05) is 6.92 Å². The lowest BCUT2D eigenvalue weighted by Gasteiger charge is -2.22. The first-order valence-corrected chi connectivity index (χ1v) is 8.71. The van der Waals surface area contributed by atoms with E-state index in [4.69, 9.17) is 18.8 Å². The lowest BCUT2D eigenvalue weighted by molar-refractivity contribution is 0.158. The predicted octanol–water partition coefficient (Wildman–Crippen LogP) is 1.56. The first-order valence-electron chi connectivity index (χ1n) is 4.44. The van der Waals surface area contributed by atoms with Crippen LogP contribution in [0.1, 0.15) is 26.7 Å². The van der Waals surface area contributed by atoms with Gasteiger partial charge in [-0.15, -0.1) is 0 Å². The second-order valence-corrected chi connectivity index (χ2v) is 7.40. The quantitative estimate of drug-likeness (QED) is 0.608. The largest absolute Gasteiger partial charge is 0.354 e. The van der Waals surface area contributed by atoms with Gasteiger partial charge in [0.1, 0.15) is 0 Å². The van der Waals surface area contributed by atoms with Gasteiger partial charge in [-0.2, -0.15) is 0 Å². The molecular weight excluding hydrogens is 262 g/mol. The Kier molecular flexibility index (Phi) is 6.72. The predicted molar refractivity (Wildman–Crippen MR) is 60.0 cm³/mol. The zero-order valence-corrected chi connectivity index (χ0v) is 11.2. The highest BCUT2D eigenvalue weighted by Crippen LogP contribution is 2.54. The molecule has 3 N–H and O–H groups in total. The SMILES string of the molecule is CCCOP(O)(=S)OC(CC)P(=O)(O)O. The molecule has 0 aliphatic carbocycles. The maximum Gasteiger partial charge on any atom is 0.354 e. The molecule has 6 nitrogen and oxygen atoms in total. The van der Waals surface area contributed by atoms with Gasteiger partial charge in [0, 0.05) is 0 Å². The summed E-state index contributed by atoms with van der Waals surface area (Å²) in [5.74, 6) is -1.40. The third-order valence-electron chi connectivity index (χ3n) is 1.44. The molecule has 0 saturated heterocycles. The normalized spacial score (nSPS) is 18.5. The maximum absolute atomic E-state index is 10.9. The number of hydrogen-bond acceptors (Lipinski definition) is 4. The van der Waals surface area contributed by atoms with Crippen molar-refractivity contribution in [1.29, 1.82) is 0 Å². The molecule has 92 valence electrons. The molecule has 0 aliphatic heterocycles. The summed E-state index contributed by atoms with van der Waals surface area (Å²) >= 11 is 4.60. The fraction of sp³-hybridized carbons (Fsp3) is 1.00. The molecule has 0 amide bonds. The molecule has 9 heteroatoms. The molecule has 0 spiro atoms. The fourth-order valence-corrected chi connectivity index (χ4v) is 3.77. The van der Waals surface area contributed by atoms with Crippen molar-refractivity contribution >= 4 is 26.1 Å².